The average molecular weight is 255 g/mol. The number of hydrogen-bond donors (Lipinski definition) is 0. The second-order valence-electron chi connectivity index (χ2n) is 3.41. The number of allylic oxidation sites excluding steroid dienone is 1. The number of carbonyl (C=O) groups excluding carboxylic acids is 1. The van der Waals surface area contributed by atoms with Crippen LogP contribution in [0.3, 0.4) is 0 Å². The van der Waals surface area contributed by atoms with E-state index in [2.05, 4.69) is 12.2 Å². The lowest BCUT2D eigenvalue weighted by atomic mass is 10.1. The minimum Gasteiger partial charge on any atom is -0.288 e. The fourth-order valence-electron chi connectivity index (χ4n) is 1.21. The minimum atomic E-state index is 0.180. The molecule has 0 N–H and O–H groups in total. The van der Waals surface area contributed by atoms with Gasteiger partial charge >= 0.3 is 0 Å². The van der Waals surface area contributed by atoms with Crippen molar-refractivity contribution in [2.75, 3.05) is 5.75 Å². The molecule has 0 atom stereocenters. The molecule has 0 spiro atoms. The zero-order valence-electron chi connectivity index (χ0n) is 9.28. The van der Waals surface area contributed by atoms with Gasteiger partial charge < -0.3 is 0 Å². The van der Waals surface area contributed by atoms with E-state index < -0.39 is 0 Å². The summed E-state index contributed by atoms with van der Waals surface area (Å²) in [5, 5.41) is 0.180. The van der Waals surface area contributed by atoms with Crippen LogP contribution in [0.25, 0.3) is 6.08 Å². The van der Waals surface area contributed by atoms with Gasteiger partial charge in [-0.1, -0.05) is 48.2 Å². The summed E-state index contributed by atoms with van der Waals surface area (Å²) in [6.07, 6.45) is 5.08. The van der Waals surface area contributed by atoms with Crippen LogP contribution in [0.5, 0.6) is 0 Å². The molecule has 1 aromatic carbocycles. The topological polar surface area (TPSA) is 17.1 Å². The third kappa shape index (κ3) is 5.38. The Morgan fingerprint density at radius 2 is 2.06 bits per heavy atom. The van der Waals surface area contributed by atoms with Crippen molar-refractivity contribution in [3.05, 3.63) is 41.5 Å². The molecule has 0 aliphatic carbocycles. The molecule has 0 amide bonds. The van der Waals surface area contributed by atoms with Gasteiger partial charge in [0, 0.05) is 18.6 Å². The molecule has 86 valence electrons. The van der Waals surface area contributed by atoms with Crippen molar-refractivity contribution < 1.29 is 4.79 Å². The summed E-state index contributed by atoms with van der Waals surface area (Å²) in [4.78, 5) is 10.7. The molecule has 16 heavy (non-hydrogen) atoms. The standard InChI is InChI=1S/C13H15ClOS/c1-11(15)16-9-3-2-4-12-5-7-13(10-14)8-6-12/h2,4-8H,3,9-10H2,1H3. The van der Waals surface area contributed by atoms with Crippen LogP contribution in [0.2, 0.25) is 0 Å². The third-order valence-electron chi connectivity index (χ3n) is 2.03. The Hall–Kier alpha value is -0.730. The van der Waals surface area contributed by atoms with Crippen LogP contribution in [0.15, 0.2) is 30.3 Å². The van der Waals surface area contributed by atoms with Crippen molar-refractivity contribution in [1.82, 2.24) is 0 Å². The molecule has 0 bridgehead atoms. The molecule has 0 saturated heterocycles. The molecule has 0 aliphatic heterocycles. The molecular weight excluding hydrogens is 240 g/mol. The van der Waals surface area contributed by atoms with Crippen LogP contribution in [-0.4, -0.2) is 10.9 Å². The first-order valence-corrected chi connectivity index (χ1v) is 6.69. The fraction of sp³-hybridized carbons (Fsp3) is 0.308. The molecule has 0 unspecified atom stereocenters. The maximum atomic E-state index is 10.7. The van der Waals surface area contributed by atoms with E-state index in [1.54, 1.807) is 6.92 Å². The van der Waals surface area contributed by atoms with Crippen molar-refractivity contribution in [3.8, 4) is 0 Å². The summed E-state index contributed by atoms with van der Waals surface area (Å²) >= 11 is 7.07. The molecule has 1 rings (SSSR count). The number of rotatable bonds is 5. The van der Waals surface area contributed by atoms with Gasteiger partial charge in [0.25, 0.3) is 0 Å². The number of carbonyl (C=O) groups is 1. The molecule has 0 fully saturated rings. The first-order valence-electron chi connectivity index (χ1n) is 5.17. The van der Waals surface area contributed by atoms with Crippen LogP contribution in [0.1, 0.15) is 24.5 Å². The monoisotopic (exact) mass is 254 g/mol. The lowest BCUT2D eigenvalue weighted by Gasteiger charge is -1.96. The minimum absolute atomic E-state index is 0.180. The molecule has 0 heterocycles. The van der Waals surface area contributed by atoms with Crippen LogP contribution in [-0.2, 0) is 10.7 Å². The van der Waals surface area contributed by atoms with Gasteiger partial charge in [0.15, 0.2) is 5.12 Å². The SMILES string of the molecule is CC(=O)SCCC=Cc1ccc(CCl)cc1. The van der Waals surface area contributed by atoms with Crippen molar-refractivity contribution in [2.24, 2.45) is 0 Å². The molecule has 1 aromatic rings. The molecule has 0 radical (unpaired) electrons. The van der Waals surface area contributed by atoms with Gasteiger partial charge in [-0.3, -0.25) is 4.79 Å². The second kappa shape index (κ2) is 7.53. The number of thioether (sulfide) groups is 1. The normalized spacial score (nSPS) is 10.9. The first-order chi connectivity index (χ1) is 7.72. The predicted molar refractivity (Wildman–Crippen MR) is 72.8 cm³/mol. The fourth-order valence-corrected chi connectivity index (χ4v) is 1.93. The lowest BCUT2D eigenvalue weighted by Crippen LogP contribution is -1.83. The van der Waals surface area contributed by atoms with Crippen LogP contribution >= 0.6 is 23.4 Å². The Balaban J connectivity index is 2.35. The second-order valence-corrected chi connectivity index (χ2v) is 4.95. The number of halogens is 1. The number of hydrogen-bond acceptors (Lipinski definition) is 2. The van der Waals surface area contributed by atoms with E-state index in [1.165, 1.54) is 17.3 Å². The Morgan fingerprint density at radius 1 is 1.38 bits per heavy atom. The third-order valence-corrected chi connectivity index (χ3v) is 3.19. The van der Waals surface area contributed by atoms with Crippen LogP contribution in [0.4, 0.5) is 0 Å². The summed E-state index contributed by atoms with van der Waals surface area (Å²) in [7, 11) is 0. The van der Waals surface area contributed by atoms with Crippen molar-refractivity contribution in [3.63, 3.8) is 0 Å². The molecular formula is C13H15ClOS. The number of benzene rings is 1. The van der Waals surface area contributed by atoms with Gasteiger partial charge in [-0.25, -0.2) is 0 Å². The maximum Gasteiger partial charge on any atom is 0.185 e. The highest BCUT2D eigenvalue weighted by Gasteiger charge is 1.92. The first kappa shape index (κ1) is 13.3. The summed E-state index contributed by atoms with van der Waals surface area (Å²) in [5.74, 6) is 1.41. The maximum absolute atomic E-state index is 10.7. The van der Waals surface area contributed by atoms with Crippen LogP contribution in [0, 0.1) is 0 Å². The molecule has 0 saturated carbocycles. The van der Waals surface area contributed by atoms with Crippen LogP contribution < -0.4 is 0 Å². The molecule has 0 aliphatic rings. The van der Waals surface area contributed by atoms with Gasteiger partial charge in [-0.05, 0) is 17.5 Å². The van der Waals surface area contributed by atoms with E-state index in [0.29, 0.717) is 5.88 Å². The largest absolute Gasteiger partial charge is 0.288 e. The van der Waals surface area contributed by atoms with E-state index in [4.69, 9.17) is 11.6 Å². The zero-order chi connectivity index (χ0) is 11.8. The molecule has 1 nitrogen and oxygen atoms in total. The van der Waals surface area contributed by atoms with Gasteiger partial charge in [0.1, 0.15) is 0 Å². The van der Waals surface area contributed by atoms with Crippen molar-refractivity contribution in [1.29, 1.82) is 0 Å². The van der Waals surface area contributed by atoms with Gasteiger partial charge in [-0.15, -0.1) is 11.6 Å². The summed E-state index contributed by atoms with van der Waals surface area (Å²) in [6.45, 7) is 1.60. The Morgan fingerprint density at radius 3 is 2.62 bits per heavy atom. The highest BCUT2D eigenvalue weighted by Crippen LogP contribution is 2.09. The smallest absolute Gasteiger partial charge is 0.185 e. The Kier molecular flexibility index (Phi) is 6.27. The highest BCUT2D eigenvalue weighted by molar-refractivity contribution is 8.13. The van der Waals surface area contributed by atoms with E-state index in [9.17, 15) is 4.79 Å². The Bertz CT molecular complexity index is 357. The van der Waals surface area contributed by atoms with E-state index in [0.717, 1.165) is 17.7 Å². The average Bonchev–Trinajstić information content (AvgIpc) is 2.29. The van der Waals surface area contributed by atoms with Crippen molar-refractivity contribution >= 4 is 34.6 Å². The zero-order valence-corrected chi connectivity index (χ0v) is 10.9. The van der Waals surface area contributed by atoms with E-state index >= 15 is 0 Å². The van der Waals surface area contributed by atoms with Gasteiger partial charge in [0.05, 0.1) is 0 Å². The number of alkyl halides is 1. The van der Waals surface area contributed by atoms with E-state index in [-0.39, 0.29) is 5.12 Å². The Labute approximate surface area is 106 Å². The van der Waals surface area contributed by atoms with Gasteiger partial charge in [0.2, 0.25) is 0 Å². The van der Waals surface area contributed by atoms with E-state index in [1.807, 2.05) is 24.3 Å². The predicted octanol–water partition coefficient (Wildman–Crippen LogP) is 4.11. The van der Waals surface area contributed by atoms with Gasteiger partial charge in [-0.2, -0.15) is 0 Å². The lowest BCUT2D eigenvalue weighted by molar-refractivity contribution is -0.109. The molecule has 0 aromatic heterocycles. The molecule has 3 heteroatoms. The summed E-state index contributed by atoms with van der Waals surface area (Å²) in [5.41, 5.74) is 2.30. The van der Waals surface area contributed by atoms with Crippen molar-refractivity contribution in [2.45, 2.75) is 19.2 Å². The summed E-state index contributed by atoms with van der Waals surface area (Å²) in [6, 6.07) is 8.15. The summed E-state index contributed by atoms with van der Waals surface area (Å²) < 4.78 is 0. The quantitative estimate of drug-likeness (QED) is 0.581. The highest BCUT2D eigenvalue weighted by atomic mass is 35.5.